The molecule has 1 aliphatic carbocycles. The molecule has 0 spiro atoms. The minimum Gasteiger partial charge on any atom is -0.373 e. The summed E-state index contributed by atoms with van der Waals surface area (Å²) in [5.74, 6) is 1.31. The largest absolute Gasteiger partial charge is 0.373 e. The fourth-order valence-corrected chi connectivity index (χ4v) is 5.75. The summed E-state index contributed by atoms with van der Waals surface area (Å²) in [5.41, 5.74) is 3.29. The van der Waals surface area contributed by atoms with Gasteiger partial charge in [0.2, 0.25) is 5.95 Å². The third kappa shape index (κ3) is 4.31. The minimum atomic E-state index is -0.134. The maximum Gasteiger partial charge on any atom is 0.268 e. The van der Waals surface area contributed by atoms with Crippen LogP contribution in [0, 0.1) is 5.41 Å². The summed E-state index contributed by atoms with van der Waals surface area (Å²) in [5, 5.41) is 9.39. The van der Waals surface area contributed by atoms with Crippen LogP contribution in [0.5, 0.6) is 0 Å². The van der Waals surface area contributed by atoms with Crippen LogP contribution in [-0.4, -0.2) is 41.1 Å². The van der Waals surface area contributed by atoms with E-state index in [1.807, 2.05) is 62.8 Å². The van der Waals surface area contributed by atoms with Crippen molar-refractivity contribution in [2.45, 2.75) is 32.2 Å². The highest BCUT2D eigenvalue weighted by Crippen LogP contribution is 2.52. The first-order valence-electron chi connectivity index (χ1n) is 11.7. The van der Waals surface area contributed by atoms with E-state index in [1.54, 1.807) is 0 Å². The molecule has 1 aromatic carbocycles. The molecule has 8 heteroatoms. The maximum absolute atomic E-state index is 13.2. The van der Waals surface area contributed by atoms with Gasteiger partial charge in [-0.25, -0.2) is 9.97 Å². The van der Waals surface area contributed by atoms with Gasteiger partial charge in [-0.15, -0.1) is 11.3 Å². The van der Waals surface area contributed by atoms with Crippen molar-refractivity contribution in [3.8, 4) is 10.4 Å². The lowest BCUT2D eigenvalue weighted by molar-refractivity contribution is 0.0767. The van der Waals surface area contributed by atoms with Crippen LogP contribution in [0.2, 0.25) is 0 Å². The Labute approximate surface area is 203 Å². The summed E-state index contributed by atoms with van der Waals surface area (Å²) < 4.78 is 2.23. The van der Waals surface area contributed by atoms with Crippen LogP contribution in [0.3, 0.4) is 0 Å². The van der Waals surface area contributed by atoms with Crippen LogP contribution >= 0.6 is 11.3 Å². The molecule has 0 radical (unpaired) electrons. The van der Waals surface area contributed by atoms with Crippen LogP contribution in [0.1, 0.15) is 41.9 Å². The third-order valence-corrected chi connectivity index (χ3v) is 7.89. The van der Waals surface area contributed by atoms with Gasteiger partial charge in [-0.05, 0) is 74.7 Å². The molecule has 0 atom stereocenters. The fourth-order valence-electron chi connectivity index (χ4n) is 4.86. The number of amides is 1. The SMILES string of the molecule is CNCCC1(C)CC(n2c(NC(=O)c3ccc(-c4ccc(NC)nc4)s3)nc3ccccc32)C1. The first kappa shape index (κ1) is 22.6. The number of hydrogen-bond acceptors (Lipinski definition) is 6. The van der Waals surface area contributed by atoms with E-state index in [0.717, 1.165) is 53.1 Å². The maximum atomic E-state index is 13.2. The lowest BCUT2D eigenvalue weighted by atomic mass is 9.65. The lowest BCUT2D eigenvalue weighted by Crippen LogP contribution is -2.38. The molecule has 1 saturated carbocycles. The molecular weight excluding hydrogens is 444 g/mol. The van der Waals surface area contributed by atoms with Gasteiger partial charge in [0.05, 0.1) is 15.9 Å². The highest BCUT2D eigenvalue weighted by Gasteiger charge is 2.42. The molecule has 1 amide bonds. The zero-order chi connectivity index (χ0) is 23.7. The van der Waals surface area contributed by atoms with E-state index < -0.39 is 0 Å². The quantitative estimate of drug-likeness (QED) is 0.318. The molecule has 5 rings (SSSR count). The standard InChI is InChI=1S/C26H30N6OS/c1-26(12-13-27-2)14-18(15-26)32-20-7-5-4-6-19(20)30-25(32)31-24(33)22-10-9-21(34-22)17-8-11-23(28-3)29-16-17/h4-11,16,18,27H,12-15H2,1-3H3,(H,28,29)(H,30,31,33). The predicted octanol–water partition coefficient (Wildman–Crippen LogP) is 5.40. The summed E-state index contributed by atoms with van der Waals surface area (Å²) in [6.07, 6.45) is 5.13. The number of thiophene rings is 1. The van der Waals surface area contributed by atoms with Crippen molar-refractivity contribution in [3.63, 3.8) is 0 Å². The summed E-state index contributed by atoms with van der Waals surface area (Å²) in [7, 11) is 3.84. The zero-order valence-corrected chi connectivity index (χ0v) is 20.6. The molecule has 0 bridgehead atoms. The Bertz CT molecular complexity index is 1300. The second kappa shape index (κ2) is 9.19. The summed E-state index contributed by atoms with van der Waals surface area (Å²) in [6, 6.07) is 16.2. The number of hydrogen-bond donors (Lipinski definition) is 3. The van der Waals surface area contributed by atoms with Crippen LogP contribution in [0.25, 0.3) is 21.5 Å². The Morgan fingerprint density at radius 3 is 2.71 bits per heavy atom. The van der Waals surface area contributed by atoms with Gasteiger partial charge in [-0.2, -0.15) is 0 Å². The lowest BCUT2D eigenvalue weighted by Gasteiger charge is -2.46. The van der Waals surface area contributed by atoms with Gasteiger partial charge in [0, 0.05) is 29.7 Å². The molecule has 34 heavy (non-hydrogen) atoms. The molecule has 7 nitrogen and oxygen atoms in total. The number of carbonyl (C=O) groups excluding carboxylic acids is 1. The van der Waals surface area contributed by atoms with Crippen molar-refractivity contribution in [2.24, 2.45) is 5.41 Å². The average molecular weight is 475 g/mol. The Hall–Kier alpha value is -3.23. The van der Waals surface area contributed by atoms with E-state index in [4.69, 9.17) is 4.98 Å². The number of aromatic nitrogens is 3. The number of imidazole rings is 1. The number of pyridine rings is 1. The van der Waals surface area contributed by atoms with Crippen LogP contribution < -0.4 is 16.0 Å². The van der Waals surface area contributed by atoms with Gasteiger partial charge in [0.15, 0.2) is 0 Å². The summed E-state index contributed by atoms with van der Waals surface area (Å²) in [6.45, 7) is 3.37. The van der Waals surface area contributed by atoms with Gasteiger partial charge in [0.1, 0.15) is 5.82 Å². The van der Waals surface area contributed by atoms with Gasteiger partial charge in [0.25, 0.3) is 5.91 Å². The van der Waals surface area contributed by atoms with Crippen molar-refractivity contribution < 1.29 is 4.79 Å². The van der Waals surface area contributed by atoms with E-state index in [0.29, 0.717) is 22.3 Å². The molecular formula is C26H30N6OS. The van der Waals surface area contributed by atoms with Crippen LogP contribution in [0.4, 0.5) is 11.8 Å². The molecule has 1 fully saturated rings. The minimum absolute atomic E-state index is 0.134. The third-order valence-electron chi connectivity index (χ3n) is 6.76. The van der Waals surface area contributed by atoms with E-state index in [1.165, 1.54) is 11.3 Å². The molecule has 4 aromatic rings. The second-order valence-corrected chi connectivity index (χ2v) is 10.4. The van der Waals surface area contributed by atoms with E-state index in [9.17, 15) is 4.79 Å². The molecule has 0 aliphatic heterocycles. The first-order valence-corrected chi connectivity index (χ1v) is 12.5. The number of benzene rings is 1. The summed E-state index contributed by atoms with van der Waals surface area (Å²) >= 11 is 1.46. The molecule has 0 unspecified atom stereocenters. The van der Waals surface area contributed by atoms with Crippen molar-refractivity contribution in [1.29, 1.82) is 0 Å². The van der Waals surface area contributed by atoms with Gasteiger partial charge < -0.3 is 15.2 Å². The Balaban J connectivity index is 1.37. The average Bonchev–Trinajstić information content (AvgIpc) is 3.46. The normalized spacial score (nSPS) is 19.7. The smallest absolute Gasteiger partial charge is 0.268 e. The zero-order valence-electron chi connectivity index (χ0n) is 19.8. The van der Waals surface area contributed by atoms with Gasteiger partial charge in [-0.3, -0.25) is 10.1 Å². The highest BCUT2D eigenvalue weighted by atomic mass is 32.1. The van der Waals surface area contributed by atoms with Crippen molar-refractivity contribution in [1.82, 2.24) is 19.9 Å². The first-order chi connectivity index (χ1) is 16.5. The van der Waals surface area contributed by atoms with Crippen molar-refractivity contribution in [3.05, 3.63) is 59.6 Å². The van der Waals surface area contributed by atoms with Gasteiger partial charge in [-0.1, -0.05) is 19.1 Å². The molecule has 0 saturated heterocycles. The number of nitrogens with one attached hydrogen (secondary N) is 3. The van der Waals surface area contributed by atoms with Crippen molar-refractivity contribution >= 4 is 40.0 Å². The Kier molecular flexibility index (Phi) is 6.10. The second-order valence-electron chi connectivity index (χ2n) is 9.32. The predicted molar refractivity (Wildman–Crippen MR) is 140 cm³/mol. The van der Waals surface area contributed by atoms with Crippen LogP contribution in [0.15, 0.2) is 54.7 Å². The Morgan fingerprint density at radius 2 is 1.97 bits per heavy atom. The molecule has 3 heterocycles. The van der Waals surface area contributed by atoms with E-state index >= 15 is 0 Å². The monoisotopic (exact) mass is 474 g/mol. The number of nitrogens with zero attached hydrogens (tertiary/aromatic N) is 3. The molecule has 3 aromatic heterocycles. The number of rotatable bonds is 8. The molecule has 3 N–H and O–H groups in total. The Morgan fingerprint density at radius 1 is 1.15 bits per heavy atom. The number of anilines is 2. The topological polar surface area (TPSA) is 83.9 Å². The summed E-state index contributed by atoms with van der Waals surface area (Å²) in [4.78, 5) is 24.0. The highest BCUT2D eigenvalue weighted by molar-refractivity contribution is 7.17. The van der Waals surface area contributed by atoms with Crippen LogP contribution in [-0.2, 0) is 0 Å². The van der Waals surface area contributed by atoms with E-state index in [-0.39, 0.29) is 5.91 Å². The number of fused-ring (bicyclic) bond motifs is 1. The van der Waals surface area contributed by atoms with E-state index in [2.05, 4.69) is 38.5 Å². The number of carbonyl (C=O) groups is 1. The fraction of sp³-hybridized carbons (Fsp3) is 0.346. The molecule has 1 aliphatic rings. The molecule has 176 valence electrons. The van der Waals surface area contributed by atoms with Crippen molar-refractivity contribution in [2.75, 3.05) is 31.3 Å². The van der Waals surface area contributed by atoms with Gasteiger partial charge >= 0.3 is 0 Å². The number of para-hydroxylation sites is 2.